The maximum absolute atomic E-state index is 5.83. The molecule has 0 aromatic heterocycles. The molecule has 0 saturated carbocycles. The van der Waals surface area contributed by atoms with E-state index in [-0.39, 0.29) is 0 Å². The Kier molecular flexibility index (Phi) is 3.20. The molecule has 74 valence electrons. The molecule has 2 rings (SSSR count). The van der Waals surface area contributed by atoms with Crippen LogP contribution in [0.3, 0.4) is 0 Å². The lowest BCUT2D eigenvalue weighted by Gasteiger charge is -2.16. The first-order valence-electron chi connectivity index (χ1n) is 5.07. The summed E-state index contributed by atoms with van der Waals surface area (Å²) in [6, 6.07) is 8.15. The van der Waals surface area contributed by atoms with Crippen LogP contribution in [0, 0.1) is 5.92 Å². The highest BCUT2D eigenvalue weighted by atomic mass is 35.5. The maximum atomic E-state index is 5.83. The van der Waals surface area contributed by atoms with Crippen LogP contribution in [0.4, 0.5) is 0 Å². The summed E-state index contributed by atoms with van der Waals surface area (Å²) in [6.45, 7) is 0.989. The Bertz CT molecular complexity index is 316. The number of benzene rings is 1. The van der Waals surface area contributed by atoms with Crippen molar-refractivity contribution in [2.24, 2.45) is 10.9 Å². The van der Waals surface area contributed by atoms with Crippen LogP contribution in [0.25, 0.3) is 0 Å². The molecule has 1 aliphatic rings. The number of nitrogens with zero attached hydrogens (tertiary/aromatic N) is 1. The summed E-state index contributed by atoms with van der Waals surface area (Å²) in [4.78, 5) is 4.32. The van der Waals surface area contributed by atoms with Gasteiger partial charge in [-0.15, -0.1) is 0 Å². The first kappa shape index (κ1) is 9.72. The smallest absolute Gasteiger partial charge is 0.0416 e. The van der Waals surface area contributed by atoms with Crippen LogP contribution in [0.15, 0.2) is 29.3 Å². The van der Waals surface area contributed by atoms with Crippen LogP contribution >= 0.6 is 11.6 Å². The van der Waals surface area contributed by atoms with E-state index in [0.29, 0.717) is 0 Å². The van der Waals surface area contributed by atoms with E-state index in [9.17, 15) is 0 Å². The van der Waals surface area contributed by atoms with Gasteiger partial charge in [0.05, 0.1) is 0 Å². The van der Waals surface area contributed by atoms with Crippen LogP contribution in [0.1, 0.15) is 18.4 Å². The van der Waals surface area contributed by atoms with E-state index in [1.807, 2.05) is 18.3 Å². The molecule has 0 radical (unpaired) electrons. The Labute approximate surface area is 89.8 Å². The van der Waals surface area contributed by atoms with Crippen molar-refractivity contribution in [1.82, 2.24) is 0 Å². The summed E-state index contributed by atoms with van der Waals surface area (Å²) >= 11 is 5.83. The largest absolute Gasteiger partial charge is 0.297 e. The molecular formula is C12H14ClN. The zero-order valence-electron chi connectivity index (χ0n) is 8.12. The highest BCUT2D eigenvalue weighted by Crippen LogP contribution is 2.18. The van der Waals surface area contributed by atoms with Crippen molar-refractivity contribution in [1.29, 1.82) is 0 Å². The van der Waals surface area contributed by atoms with Gasteiger partial charge in [-0.25, -0.2) is 0 Å². The monoisotopic (exact) mass is 207 g/mol. The molecule has 1 aromatic rings. The molecular weight excluding hydrogens is 194 g/mol. The number of hydrogen-bond donors (Lipinski definition) is 0. The summed E-state index contributed by atoms with van der Waals surface area (Å²) in [6.07, 6.45) is 5.58. The zero-order chi connectivity index (χ0) is 9.80. The molecule has 1 unspecified atom stereocenters. The number of rotatable bonds is 2. The molecule has 0 aliphatic carbocycles. The van der Waals surface area contributed by atoms with Crippen molar-refractivity contribution in [3.8, 4) is 0 Å². The van der Waals surface area contributed by atoms with Crippen LogP contribution in [-0.4, -0.2) is 12.8 Å². The Morgan fingerprint density at radius 2 is 2.07 bits per heavy atom. The fraction of sp³-hybridized carbons (Fsp3) is 0.417. The molecule has 2 heteroatoms. The van der Waals surface area contributed by atoms with Gasteiger partial charge in [0.15, 0.2) is 0 Å². The van der Waals surface area contributed by atoms with E-state index in [1.165, 1.54) is 12.0 Å². The maximum Gasteiger partial charge on any atom is 0.0416 e. The van der Waals surface area contributed by atoms with Crippen LogP contribution in [-0.2, 0) is 6.42 Å². The van der Waals surface area contributed by atoms with Gasteiger partial charge in [0, 0.05) is 11.6 Å². The summed E-state index contributed by atoms with van der Waals surface area (Å²) in [5, 5.41) is 0.815. The van der Waals surface area contributed by atoms with Crippen molar-refractivity contribution >= 4 is 17.8 Å². The molecule has 1 aliphatic heterocycles. The Morgan fingerprint density at radius 3 is 2.71 bits per heavy atom. The van der Waals surface area contributed by atoms with Crippen molar-refractivity contribution in [3.05, 3.63) is 34.9 Å². The van der Waals surface area contributed by atoms with Crippen LogP contribution in [0.5, 0.6) is 0 Å². The fourth-order valence-electron chi connectivity index (χ4n) is 1.84. The second-order valence-corrected chi connectivity index (χ2v) is 4.26. The summed E-state index contributed by atoms with van der Waals surface area (Å²) < 4.78 is 0. The van der Waals surface area contributed by atoms with E-state index >= 15 is 0 Å². The van der Waals surface area contributed by atoms with Gasteiger partial charge in [-0.3, -0.25) is 4.99 Å². The minimum absolute atomic E-state index is 0.723. The second-order valence-electron chi connectivity index (χ2n) is 3.82. The van der Waals surface area contributed by atoms with E-state index in [2.05, 4.69) is 17.1 Å². The molecule has 0 spiro atoms. The van der Waals surface area contributed by atoms with Crippen LogP contribution < -0.4 is 0 Å². The average Bonchev–Trinajstić information content (AvgIpc) is 2.23. The molecule has 0 saturated heterocycles. The summed E-state index contributed by atoms with van der Waals surface area (Å²) in [5.74, 6) is 0.723. The average molecular weight is 208 g/mol. The van der Waals surface area contributed by atoms with Gasteiger partial charge in [-0.1, -0.05) is 23.7 Å². The molecule has 1 atom stereocenters. The Morgan fingerprint density at radius 1 is 1.29 bits per heavy atom. The van der Waals surface area contributed by atoms with Crippen molar-refractivity contribution in [2.45, 2.75) is 19.3 Å². The topological polar surface area (TPSA) is 12.4 Å². The van der Waals surface area contributed by atoms with Gasteiger partial charge >= 0.3 is 0 Å². The van der Waals surface area contributed by atoms with Crippen molar-refractivity contribution < 1.29 is 0 Å². The summed E-state index contributed by atoms with van der Waals surface area (Å²) in [5.41, 5.74) is 1.37. The van der Waals surface area contributed by atoms with Gasteiger partial charge in [0.1, 0.15) is 0 Å². The van der Waals surface area contributed by atoms with E-state index < -0.39 is 0 Å². The first-order valence-corrected chi connectivity index (χ1v) is 5.45. The number of aliphatic imine (C=N–C) groups is 1. The van der Waals surface area contributed by atoms with Crippen molar-refractivity contribution in [3.63, 3.8) is 0 Å². The molecule has 1 heterocycles. The Balaban J connectivity index is 1.96. The highest BCUT2D eigenvalue weighted by Gasteiger charge is 2.10. The predicted octanol–water partition coefficient (Wildman–Crippen LogP) is 3.36. The molecule has 0 fully saturated rings. The fourth-order valence-corrected chi connectivity index (χ4v) is 1.96. The summed E-state index contributed by atoms with van der Waals surface area (Å²) in [7, 11) is 0. The number of hydrogen-bond acceptors (Lipinski definition) is 1. The lowest BCUT2D eigenvalue weighted by atomic mass is 9.94. The Hall–Kier alpha value is -0.820. The first-order chi connectivity index (χ1) is 6.84. The zero-order valence-corrected chi connectivity index (χ0v) is 8.87. The molecule has 1 nitrogen and oxygen atoms in total. The van der Waals surface area contributed by atoms with Crippen LogP contribution in [0.2, 0.25) is 5.02 Å². The lowest BCUT2D eigenvalue weighted by Crippen LogP contribution is -2.12. The van der Waals surface area contributed by atoms with Crippen molar-refractivity contribution in [2.75, 3.05) is 6.54 Å². The third-order valence-electron chi connectivity index (χ3n) is 2.63. The van der Waals surface area contributed by atoms with Gasteiger partial charge in [0.25, 0.3) is 0 Å². The lowest BCUT2D eigenvalue weighted by molar-refractivity contribution is 0.492. The molecule has 1 aromatic carbocycles. The molecule has 0 bridgehead atoms. The third-order valence-corrected chi connectivity index (χ3v) is 2.89. The second kappa shape index (κ2) is 4.61. The third kappa shape index (κ3) is 2.58. The normalized spacial score (nSPS) is 21.1. The van der Waals surface area contributed by atoms with Gasteiger partial charge < -0.3 is 0 Å². The van der Waals surface area contributed by atoms with Gasteiger partial charge in [-0.2, -0.15) is 0 Å². The number of halogens is 1. The minimum Gasteiger partial charge on any atom is -0.297 e. The molecule has 0 N–H and O–H groups in total. The minimum atomic E-state index is 0.723. The predicted molar refractivity (Wildman–Crippen MR) is 61.2 cm³/mol. The van der Waals surface area contributed by atoms with E-state index in [4.69, 9.17) is 11.6 Å². The SMILES string of the molecule is Clc1ccc(CC2CCC=NC2)cc1. The quantitative estimate of drug-likeness (QED) is 0.705. The van der Waals surface area contributed by atoms with E-state index in [0.717, 1.165) is 30.3 Å². The standard InChI is InChI=1S/C12H14ClN/c13-12-5-3-10(4-6-12)8-11-2-1-7-14-9-11/h3-7,11H,1-2,8-9H2. The van der Waals surface area contributed by atoms with E-state index in [1.54, 1.807) is 0 Å². The molecule has 14 heavy (non-hydrogen) atoms. The molecule has 0 amide bonds. The highest BCUT2D eigenvalue weighted by molar-refractivity contribution is 6.30. The van der Waals surface area contributed by atoms with Gasteiger partial charge in [0.2, 0.25) is 0 Å². The van der Waals surface area contributed by atoms with Gasteiger partial charge in [-0.05, 0) is 49.1 Å².